The number of piperidine rings is 1. The van der Waals surface area contributed by atoms with Gasteiger partial charge in [0.25, 0.3) is 17.5 Å². The number of nitrogens with one attached hydrogen (secondary N) is 1. The summed E-state index contributed by atoms with van der Waals surface area (Å²) in [7, 11) is 0. The topological polar surface area (TPSA) is 92.6 Å². The van der Waals surface area contributed by atoms with Gasteiger partial charge in [0.1, 0.15) is 5.82 Å². The molecule has 1 saturated heterocycles. The van der Waals surface area contributed by atoms with Gasteiger partial charge in [-0.25, -0.2) is 4.39 Å². The molecule has 0 aromatic heterocycles. The number of amides is 2. The van der Waals surface area contributed by atoms with Crippen molar-refractivity contribution in [1.29, 1.82) is 0 Å². The number of likely N-dealkylation sites (tertiary alicyclic amines) is 1. The van der Waals surface area contributed by atoms with Crippen molar-refractivity contribution in [1.82, 2.24) is 10.2 Å². The predicted octanol–water partition coefficient (Wildman–Crippen LogP) is 4.07. The van der Waals surface area contributed by atoms with E-state index in [-0.39, 0.29) is 28.8 Å². The third-order valence-corrected chi connectivity index (χ3v) is 5.49. The first-order valence-corrected chi connectivity index (χ1v) is 10.2. The van der Waals surface area contributed by atoms with Crippen LogP contribution in [-0.4, -0.2) is 40.8 Å². The van der Waals surface area contributed by atoms with Gasteiger partial charge >= 0.3 is 0 Å². The number of carbonyl (C=O) groups excluding carboxylic acids is 2. The molecule has 1 aliphatic rings. The van der Waals surface area contributed by atoms with Crippen LogP contribution in [-0.2, 0) is 5.41 Å². The van der Waals surface area contributed by atoms with Gasteiger partial charge in [-0.3, -0.25) is 19.7 Å². The van der Waals surface area contributed by atoms with Gasteiger partial charge in [0.2, 0.25) is 0 Å². The molecule has 1 heterocycles. The fourth-order valence-corrected chi connectivity index (χ4v) is 3.77. The number of nitrogens with zero attached hydrogens (tertiary/aromatic N) is 2. The summed E-state index contributed by atoms with van der Waals surface area (Å²) in [6, 6.07) is 10.2. The normalized spacial score (nSPS) is 14.9. The molecule has 0 bridgehead atoms. The Kier molecular flexibility index (Phi) is 6.38. The molecule has 2 aromatic rings. The molecule has 1 N–H and O–H groups in total. The average Bonchev–Trinajstić information content (AvgIpc) is 2.73. The summed E-state index contributed by atoms with van der Waals surface area (Å²) in [5.74, 6) is -1.33. The average molecular weight is 427 g/mol. The molecular weight excluding hydrogens is 401 g/mol. The smallest absolute Gasteiger partial charge is 0.273 e. The van der Waals surface area contributed by atoms with E-state index in [2.05, 4.69) is 5.32 Å². The summed E-state index contributed by atoms with van der Waals surface area (Å²) >= 11 is 0. The first-order chi connectivity index (χ1) is 14.6. The van der Waals surface area contributed by atoms with Crippen LogP contribution in [0.2, 0.25) is 0 Å². The van der Waals surface area contributed by atoms with E-state index in [4.69, 9.17) is 0 Å². The predicted molar refractivity (Wildman–Crippen MR) is 115 cm³/mol. The lowest BCUT2D eigenvalue weighted by Gasteiger charge is -2.32. The highest BCUT2D eigenvalue weighted by Crippen LogP contribution is 2.32. The quantitative estimate of drug-likeness (QED) is 0.588. The number of nitro benzene ring substituents is 1. The number of hydrogen-bond donors (Lipinski definition) is 1. The second-order valence-electron chi connectivity index (χ2n) is 8.76. The van der Waals surface area contributed by atoms with Crippen molar-refractivity contribution in [2.75, 3.05) is 13.1 Å². The highest BCUT2D eigenvalue weighted by molar-refractivity contribution is 5.96. The minimum atomic E-state index is -0.576. The molecule has 7 nitrogen and oxygen atoms in total. The molecule has 1 fully saturated rings. The third kappa shape index (κ3) is 5.07. The number of rotatable bonds is 4. The monoisotopic (exact) mass is 427 g/mol. The Bertz CT molecular complexity index is 1010. The highest BCUT2D eigenvalue weighted by atomic mass is 19.1. The zero-order valence-electron chi connectivity index (χ0n) is 17.9. The molecule has 0 unspecified atom stereocenters. The molecule has 0 aliphatic carbocycles. The third-order valence-electron chi connectivity index (χ3n) is 5.49. The lowest BCUT2D eigenvalue weighted by atomic mass is 9.85. The van der Waals surface area contributed by atoms with Gasteiger partial charge in [0, 0.05) is 36.3 Å². The number of nitro groups is 1. The van der Waals surface area contributed by atoms with Crippen LogP contribution >= 0.6 is 0 Å². The van der Waals surface area contributed by atoms with E-state index in [0.29, 0.717) is 31.5 Å². The Labute approximate surface area is 180 Å². The first-order valence-electron chi connectivity index (χ1n) is 10.2. The van der Waals surface area contributed by atoms with Crippen LogP contribution in [0.25, 0.3) is 0 Å². The molecular formula is C23H26FN3O4. The molecule has 164 valence electrons. The number of hydrogen-bond acceptors (Lipinski definition) is 4. The lowest BCUT2D eigenvalue weighted by Crippen LogP contribution is -2.46. The second-order valence-corrected chi connectivity index (χ2v) is 8.76. The van der Waals surface area contributed by atoms with E-state index < -0.39 is 22.1 Å². The van der Waals surface area contributed by atoms with Crippen molar-refractivity contribution < 1.29 is 18.9 Å². The summed E-state index contributed by atoms with van der Waals surface area (Å²) < 4.78 is 13.8. The standard InChI is InChI=1S/C23H26FN3O4/c1-23(2,3)18-9-8-15(14-20(18)27(30)31)22(29)26-12-10-16(11-13-26)25-21(28)17-6-4-5-7-19(17)24/h4-9,14,16H,10-13H2,1-3H3,(H,25,28). The summed E-state index contributed by atoms with van der Waals surface area (Å²) in [4.78, 5) is 37.9. The van der Waals surface area contributed by atoms with Crippen molar-refractivity contribution in [2.45, 2.75) is 45.1 Å². The SMILES string of the molecule is CC(C)(C)c1ccc(C(=O)N2CCC(NC(=O)c3ccccc3F)CC2)cc1[N+](=O)[O-]. The highest BCUT2D eigenvalue weighted by Gasteiger charge is 2.29. The van der Waals surface area contributed by atoms with Crippen LogP contribution < -0.4 is 5.32 Å². The number of benzene rings is 2. The van der Waals surface area contributed by atoms with E-state index in [0.717, 1.165) is 0 Å². The fourth-order valence-electron chi connectivity index (χ4n) is 3.77. The van der Waals surface area contributed by atoms with Gasteiger partial charge in [0.05, 0.1) is 10.5 Å². The maximum Gasteiger partial charge on any atom is 0.273 e. The van der Waals surface area contributed by atoms with Crippen molar-refractivity contribution in [3.63, 3.8) is 0 Å². The van der Waals surface area contributed by atoms with Crippen molar-refractivity contribution in [2.24, 2.45) is 0 Å². The molecule has 1 aliphatic heterocycles. The lowest BCUT2D eigenvalue weighted by molar-refractivity contribution is -0.386. The zero-order chi connectivity index (χ0) is 22.8. The van der Waals surface area contributed by atoms with Crippen LogP contribution in [0.1, 0.15) is 59.9 Å². The maximum atomic E-state index is 13.8. The number of halogens is 1. The van der Waals surface area contributed by atoms with Gasteiger partial charge in [-0.05, 0) is 36.5 Å². The van der Waals surface area contributed by atoms with Crippen molar-refractivity contribution in [3.05, 3.63) is 75.1 Å². The maximum absolute atomic E-state index is 13.8. The molecule has 8 heteroatoms. The zero-order valence-corrected chi connectivity index (χ0v) is 17.9. The minimum Gasteiger partial charge on any atom is -0.349 e. The molecule has 2 aromatic carbocycles. The molecule has 3 rings (SSSR count). The largest absolute Gasteiger partial charge is 0.349 e. The Balaban J connectivity index is 1.65. The first kappa shape index (κ1) is 22.4. The van der Waals surface area contributed by atoms with E-state index in [1.807, 2.05) is 20.8 Å². The van der Waals surface area contributed by atoms with Crippen LogP contribution in [0.15, 0.2) is 42.5 Å². The van der Waals surface area contributed by atoms with E-state index >= 15 is 0 Å². The van der Waals surface area contributed by atoms with Crippen molar-refractivity contribution >= 4 is 17.5 Å². The van der Waals surface area contributed by atoms with E-state index in [1.54, 1.807) is 23.1 Å². The summed E-state index contributed by atoms with van der Waals surface area (Å²) in [5, 5.41) is 14.3. The molecule has 0 spiro atoms. The van der Waals surface area contributed by atoms with Crippen LogP contribution in [0.4, 0.5) is 10.1 Å². The van der Waals surface area contributed by atoms with E-state index in [9.17, 15) is 24.1 Å². The van der Waals surface area contributed by atoms with Gasteiger partial charge in [-0.15, -0.1) is 0 Å². The van der Waals surface area contributed by atoms with Crippen LogP contribution in [0, 0.1) is 15.9 Å². The minimum absolute atomic E-state index is 0.00717. The molecule has 2 amide bonds. The van der Waals surface area contributed by atoms with E-state index in [1.165, 1.54) is 24.3 Å². The van der Waals surface area contributed by atoms with Gasteiger partial charge in [0.15, 0.2) is 0 Å². The second kappa shape index (κ2) is 8.83. The molecule has 0 atom stereocenters. The summed E-state index contributed by atoms with van der Waals surface area (Å²) in [6.45, 7) is 6.46. The Hall–Kier alpha value is -3.29. The Morgan fingerprint density at radius 3 is 2.35 bits per heavy atom. The summed E-state index contributed by atoms with van der Waals surface area (Å²) in [6.07, 6.45) is 1.04. The molecule has 0 saturated carbocycles. The Morgan fingerprint density at radius 2 is 1.77 bits per heavy atom. The fraction of sp³-hybridized carbons (Fsp3) is 0.391. The molecule has 31 heavy (non-hydrogen) atoms. The van der Waals surface area contributed by atoms with Gasteiger partial charge in [-0.2, -0.15) is 0 Å². The summed E-state index contributed by atoms with van der Waals surface area (Å²) in [5.41, 5.74) is 0.355. The Morgan fingerprint density at radius 1 is 1.13 bits per heavy atom. The van der Waals surface area contributed by atoms with Gasteiger partial charge < -0.3 is 10.2 Å². The van der Waals surface area contributed by atoms with Crippen LogP contribution in [0.3, 0.4) is 0 Å². The van der Waals surface area contributed by atoms with Gasteiger partial charge in [-0.1, -0.05) is 39.0 Å². The van der Waals surface area contributed by atoms with Crippen LogP contribution in [0.5, 0.6) is 0 Å². The number of carbonyl (C=O) groups is 2. The molecule has 0 radical (unpaired) electrons. The van der Waals surface area contributed by atoms with Crippen molar-refractivity contribution in [3.8, 4) is 0 Å².